The Balaban J connectivity index is 2.39. The molecule has 32 heavy (non-hydrogen) atoms. The Labute approximate surface area is 207 Å². The second-order valence-electron chi connectivity index (χ2n) is 10.2. The lowest BCUT2D eigenvalue weighted by molar-refractivity contribution is 0.509. The van der Waals surface area contributed by atoms with Gasteiger partial charge in [-0.1, -0.05) is 120 Å². The maximum Gasteiger partial charge on any atom is 0.295 e. The molecule has 0 N–H and O–H groups in total. The highest BCUT2D eigenvalue weighted by molar-refractivity contribution is 14.1. The van der Waals surface area contributed by atoms with Gasteiger partial charge < -0.3 is 0 Å². The Morgan fingerprint density at radius 1 is 0.562 bits per heavy atom. The van der Waals surface area contributed by atoms with E-state index in [-0.39, 0.29) is 10.8 Å². The molecule has 0 spiro atoms. The number of hydrogen-bond donors (Lipinski definition) is 0. The largest absolute Gasteiger partial charge is 0.295 e. The monoisotopic (exact) mass is 562 g/mol. The molecule has 3 nitrogen and oxygen atoms in total. The molecule has 5 heteroatoms. The summed E-state index contributed by atoms with van der Waals surface area (Å²) < 4.78 is 31.2. The molecule has 0 aromatic heterocycles. The standard InChI is InChI=1S/C27H31IO3S/c1-25(2,3)20-12-16-23(17-13-20)27(32(29,30)31-28,22-10-8-7-9-11-22)24-18-14-21(15-19-24)26(4,5)6/h7-19H,1-6H3. The molecular weight excluding hydrogens is 531 g/mol. The molecule has 0 unspecified atom stereocenters. The quantitative estimate of drug-likeness (QED) is 0.243. The minimum Gasteiger partial charge on any atom is -0.198 e. The second-order valence-corrected chi connectivity index (χ2v) is 12.9. The van der Waals surface area contributed by atoms with Crippen LogP contribution in [0.5, 0.6) is 0 Å². The van der Waals surface area contributed by atoms with Gasteiger partial charge in [0.2, 0.25) is 0 Å². The first kappa shape index (κ1) is 24.9. The third-order valence-electron chi connectivity index (χ3n) is 5.95. The van der Waals surface area contributed by atoms with E-state index in [9.17, 15) is 8.42 Å². The predicted molar refractivity (Wildman–Crippen MR) is 141 cm³/mol. The van der Waals surface area contributed by atoms with Crippen LogP contribution in [0.25, 0.3) is 0 Å². The molecule has 170 valence electrons. The van der Waals surface area contributed by atoms with E-state index in [0.717, 1.165) is 11.1 Å². The van der Waals surface area contributed by atoms with Crippen molar-refractivity contribution in [3.05, 3.63) is 107 Å². The molecule has 0 aliphatic heterocycles. The zero-order chi connectivity index (χ0) is 23.8. The molecule has 0 radical (unpaired) electrons. The summed E-state index contributed by atoms with van der Waals surface area (Å²) >= 11 is 1.49. The second kappa shape index (κ2) is 8.92. The topological polar surface area (TPSA) is 43.4 Å². The molecule has 0 aliphatic rings. The number of benzene rings is 3. The van der Waals surface area contributed by atoms with Gasteiger partial charge in [-0.25, -0.2) is 0 Å². The van der Waals surface area contributed by atoms with Crippen molar-refractivity contribution < 1.29 is 10.9 Å². The molecule has 3 aromatic rings. The van der Waals surface area contributed by atoms with Crippen LogP contribution >= 0.6 is 23.0 Å². The third kappa shape index (κ3) is 4.52. The fourth-order valence-electron chi connectivity index (χ4n) is 4.06. The smallest absolute Gasteiger partial charge is 0.198 e. The number of hydrogen-bond acceptors (Lipinski definition) is 3. The Hall–Kier alpha value is -1.70. The number of rotatable bonds is 5. The van der Waals surface area contributed by atoms with Crippen LogP contribution in [0.4, 0.5) is 0 Å². The van der Waals surface area contributed by atoms with Crippen LogP contribution < -0.4 is 0 Å². The van der Waals surface area contributed by atoms with E-state index in [2.05, 4.69) is 41.5 Å². The summed E-state index contributed by atoms with van der Waals surface area (Å²) in [4.78, 5) is 0. The molecule has 0 saturated carbocycles. The predicted octanol–water partition coefficient (Wildman–Crippen LogP) is 7.27. The van der Waals surface area contributed by atoms with Crippen LogP contribution in [0.15, 0.2) is 78.9 Å². The molecule has 0 atom stereocenters. The van der Waals surface area contributed by atoms with Crippen LogP contribution in [-0.4, -0.2) is 8.42 Å². The van der Waals surface area contributed by atoms with Crippen molar-refractivity contribution in [1.82, 2.24) is 0 Å². The molecule has 0 aliphatic carbocycles. The van der Waals surface area contributed by atoms with Gasteiger partial charge >= 0.3 is 0 Å². The van der Waals surface area contributed by atoms with Gasteiger partial charge in [-0.05, 0) is 38.6 Å². The normalized spacial score (nSPS) is 13.2. The van der Waals surface area contributed by atoms with Gasteiger partial charge in [-0.2, -0.15) is 10.9 Å². The maximum absolute atomic E-state index is 13.8. The Morgan fingerprint density at radius 2 is 0.875 bits per heavy atom. The summed E-state index contributed by atoms with van der Waals surface area (Å²) in [7, 11) is -4.09. The van der Waals surface area contributed by atoms with E-state index in [1.54, 1.807) is 0 Å². The Morgan fingerprint density at radius 3 is 1.19 bits per heavy atom. The van der Waals surface area contributed by atoms with Crippen molar-refractivity contribution >= 4 is 33.1 Å². The zero-order valence-corrected chi connectivity index (χ0v) is 22.5. The molecule has 0 fully saturated rings. The van der Waals surface area contributed by atoms with Gasteiger partial charge in [-0.3, -0.25) is 0 Å². The lowest BCUT2D eigenvalue weighted by Gasteiger charge is -2.34. The van der Waals surface area contributed by atoms with Gasteiger partial charge in [0.25, 0.3) is 10.1 Å². The molecule has 0 amide bonds. The third-order valence-corrected chi connectivity index (χ3v) is 9.00. The van der Waals surface area contributed by atoms with Crippen molar-refractivity contribution in [2.45, 2.75) is 57.1 Å². The highest BCUT2D eigenvalue weighted by Crippen LogP contribution is 2.46. The summed E-state index contributed by atoms with van der Waals surface area (Å²) in [6, 6.07) is 25.0. The average Bonchev–Trinajstić information content (AvgIpc) is 2.74. The summed E-state index contributed by atoms with van der Waals surface area (Å²) in [5, 5.41) is 0. The van der Waals surface area contributed by atoms with Gasteiger partial charge in [0.1, 0.15) is 23.0 Å². The fraction of sp³-hybridized carbons (Fsp3) is 0.333. The van der Waals surface area contributed by atoms with E-state index < -0.39 is 14.9 Å². The lowest BCUT2D eigenvalue weighted by atomic mass is 9.80. The van der Waals surface area contributed by atoms with Gasteiger partial charge in [0.05, 0.1) is 0 Å². The SMILES string of the molecule is CC(C)(C)c1ccc(C(c2ccccc2)(c2ccc(C(C)(C)C)cc2)S(=O)(=O)OI)cc1. The first-order valence-corrected chi connectivity index (χ1v) is 13.0. The first-order valence-electron chi connectivity index (χ1n) is 10.7. The van der Waals surface area contributed by atoms with Crippen LogP contribution in [0.1, 0.15) is 69.4 Å². The maximum atomic E-state index is 13.8. The van der Waals surface area contributed by atoms with E-state index in [1.807, 2.05) is 78.9 Å². The van der Waals surface area contributed by atoms with Crippen molar-refractivity contribution in [3.8, 4) is 0 Å². The average molecular weight is 563 g/mol. The van der Waals surface area contributed by atoms with Crippen molar-refractivity contribution in [1.29, 1.82) is 0 Å². The summed E-state index contributed by atoms with van der Waals surface area (Å²) in [6.07, 6.45) is 0. The minimum absolute atomic E-state index is 0.0407. The van der Waals surface area contributed by atoms with Crippen LogP contribution in [-0.2, 0) is 28.2 Å². The Bertz CT molecular complexity index is 1100. The van der Waals surface area contributed by atoms with Crippen LogP contribution in [0.3, 0.4) is 0 Å². The van der Waals surface area contributed by atoms with E-state index in [1.165, 1.54) is 23.0 Å². The molecular formula is C27H31IO3S. The molecule has 0 bridgehead atoms. The van der Waals surface area contributed by atoms with Gasteiger partial charge in [-0.15, -0.1) is 0 Å². The molecule has 0 saturated heterocycles. The van der Waals surface area contributed by atoms with Crippen LogP contribution in [0.2, 0.25) is 0 Å². The number of halogens is 1. The zero-order valence-electron chi connectivity index (χ0n) is 19.5. The molecule has 3 rings (SSSR count). The molecule has 3 aromatic carbocycles. The summed E-state index contributed by atoms with van der Waals surface area (Å²) in [5.74, 6) is 0. The summed E-state index contributed by atoms with van der Waals surface area (Å²) in [5.41, 5.74) is 4.14. The fourth-order valence-corrected chi connectivity index (χ4v) is 6.24. The molecule has 0 heterocycles. The van der Waals surface area contributed by atoms with Crippen molar-refractivity contribution in [2.75, 3.05) is 0 Å². The van der Waals surface area contributed by atoms with Crippen molar-refractivity contribution in [2.24, 2.45) is 0 Å². The Kier molecular flexibility index (Phi) is 6.95. The van der Waals surface area contributed by atoms with Crippen molar-refractivity contribution in [3.63, 3.8) is 0 Å². The van der Waals surface area contributed by atoms with E-state index in [0.29, 0.717) is 16.7 Å². The highest BCUT2D eigenvalue weighted by atomic mass is 127. The first-order chi connectivity index (χ1) is 14.8. The summed E-state index contributed by atoms with van der Waals surface area (Å²) in [6.45, 7) is 12.8. The lowest BCUT2D eigenvalue weighted by Crippen LogP contribution is -2.38. The van der Waals surface area contributed by atoms with E-state index >= 15 is 0 Å². The van der Waals surface area contributed by atoms with Gasteiger partial charge in [0, 0.05) is 0 Å². The van der Waals surface area contributed by atoms with Crippen LogP contribution in [0, 0.1) is 0 Å². The highest BCUT2D eigenvalue weighted by Gasteiger charge is 2.50. The minimum atomic E-state index is -4.09. The van der Waals surface area contributed by atoms with Gasteiger partial charge in [0.15, 0.2) is 4.75 Å². The van der Waals surface area contributed by atoms with E-state index in [4.69, 9.17) is 2.51 Å².